The number of carboxylic acid groups (broad SMARTS) is 1. The highest BCUT2D eigenvalue weighted by Gasteiger charge is 2.17. The molecule has 0 bridgehead atoms. The number of hydrogen-bond donors (Lipinski definition) is 1. The van der Waals surface area contributed by atoms with Gasteiger partial charge in [0.05, 0.1) is 6.42 Å². The summed E-state index contributed by atoms with van der Waals surface area (Å²) in [6.45, 7) is 3.31. The molecule has 0 saturated carbocycles. The van der Waals surface area contributed by atoms with E-state index in [1.807, 2.05) is 36.5 Å². The Morgan fingerprint density at radius 1 is 1.24 bits per heavy atom. The predicted octanol–water partition coefficient (Wildman–Crippen LogP) is 3.12. The molecule has 1 aromatic carbocycles. The number of rotatable bonds is 7. The summed E-state index contributed by atoms with van der Waals surface area (Å²) in [5, 5.41) is 8.94. The molecule has 1 heterocycles. The van der Waals surface area contributed by atoms with Gasteiger partial charge in [-0.1, -0.05) is 36.4 Å². The normalized spacial score (nSPS) is 12.3. The summed E-state index contributed by atoms with van der Waals surface area (Å²) < 4.78 is 0. The summed E-state index contributed by atoms with van der Waals surface area (Å²) in [6.07, 6.45) is 3.70. The molecule has 1 unspecified atom stereocenters. The number of carbonyl (C=O) groups is 1. The van der Waals surface area contributed by atoms with Crippen molar-refractivity contribution >= 4 is 5.97 Å². The predicted molar refractivity (Wildman–Crippen MR) is 81.8 cm³/mol. The largest absolute Gasteiger partial charge is 0.481 e. The van der Waals surface area contributed by atoms with Crippen LogP contribution < -0.4 is 0 Å². The summed E-state index contributed by atoms with van der Waals surface area (Å²) in [5.74, 6) is -0.772. The van der Waals surface area contributed by atoms with Gasteiger partial charge in [0.25, 0.3) is 0 Å². The first-order valence-corrected chi connectivity index (χ1v) is 7.06. The summed E-state index contributed by atoms with van der Waals surface area (Å²) in [4.78, 5) is 17.2. The highest BCUT2D eigenvalue weighted by atomic mass is 16.4. The fourth-order valence-corrected chi connectivity index (χ4v) is 2.32. The Kier molecular flexibility index (Phi) is 5.46. The lowest BCUT2D eigenvalue weighted by Gasteiger charge is -2.29. The van der Waals surface area contributed by atoms with E-state index < -0.39 is 5.97 Å². The maximum absolute atomic E-state index is 10.9. The Morgan fingerprint density at radius 3 is 2.62 bits per heavy atom. The van der Waals surface area contributed by atoms with Gasteiger partial charge in [0.2, 0.25) is 0 Å². The lowest BCUT2D eigenvalue weighted by molar-refractivity contribution is -0.137. The standard InChI is InChI=1S/C17H20N2O2/c1-14(16-7-3-2-4-8-16)19(11-9-17(20)21)13-15-6-5-10-18-12-15/h2-8,10,12,14H,9,11,13H2,1H3,(H,20,21). The first kappa shape index (κ1) is 15.2. The number of benzene rings is 1. The number of aromatic nitrogens is 1. The summed E-state index contributed by atoms with van der Waals surface area (Å²) in [6, 6.07) is 14.2. The average Bonchev–Trinajstić information content (AvgIpc) is 2.52. The van der Waals surface area contributed by atoms with Gasteiger partial charge in [0.1, 0.15) is 0 Å². The molecule has 110 valence electrons. The van der Waals surface area contributed by atoms with Crippen LogP contribution in [0.15, 0.2) is 54.9 Å². The molecule has 0 fully saturated rings. The number of nitrogens with zero attached hydrogens (tertiary/aromatic N) is 2. The van der Waals surface area contributed by atoms with Crippen LogP contribution in [-0.2, 0) is 11.3 Å². The van der Waals surface area contributed by atoms with E-state index in [1.54, 1.807) is 6.20 Å². The van der Waals surface area contributed by atoms with Gasteiger partial charge in [-0.2, -0.15) is 0 Å². The van der Waals surface area contributed by atoms with E-state index in [-0.39, 0.29) is 12.5 Å². The van der Waals surface area contributed by atoms with Crippen LogP contribution in [0.5, 0.6) is 0 Å². The molecule has 1 aromatic heterocycles. The fraction of sp³-hybridized carbons (Fsp3) is 0.294. The molecule has 2 rings (SSSR count). The van der Waals surface area contributed by atoms with Gasteiger partial charge >= 0.3 is 5.97 Å². The third-order valence-electron chi connectivity index (χ3n) is 3.55. The third-order valence-corrected chi connectivity index (χ3v) is 3.55. The Morgan fingerprint density at radius 2 is 2.00 bits per heavy atom. The minimum absolute atomic E-state index is 0.136. The first-order valence-electron chi connectivity index (χ1n) is 7.06. The first-order chi connectivity index (χ1) is 10.2. The lowest BCUT2D eigenvalue weighted by Crippen LogP contribution is -2.29. The van der Waals surface area contributed by atoms with Crippen molar-refractivity contribution in [3.05, 3.63) is 66.0 Å². The molecule has 0 spiro atoms. The summed E-state index contributed by atoms with van der Waals surface area (Å²) in [5.41, 5.74) is 2.28. The molecule has 0 aliphatic heterocycles. The lowest BCUT2D eigenvalue weighted by atomic mass is 10.1. The number of aliphatic carboxylic acids is 1. The van der Waals surface area contributed by atoms with Gasteiger partial charge in [-0.05, 0) is 24.1 Å². The topological polar surface area (TPSA) is 53.4 Å². The Hall–Kier alpha value is -2.20. The van der Waals surface area contributed by atoms with Crippen molar-refractivity contribution in [2.45, 2.75) is 25.9 Å². The summed E-state index contributed by atoms with van der Waals surface area (Å²) >= 11 is 0. The van der Waals surface area contributed by atoms with Crippen LogP contribution in [-0.4, -0.2) is 27.5 Å². The third kappa shape index (κ3) is 4.68. The SMILES string of the molecule is CC(c1ccccc1)N(CCC(=O)O)Cc1cccnc1. The number of hydrogen-bond acceptors (Lipinski definition) is 3. The molecule has 1 atom stereocenters. The van der Waals surface area contributed by atoms with Crippen molar-refractivity contribution in [1.29, 1.82) is 0 Å². The Balaban J connectivity index is 2.13. The van der Waals surface area contributed by atoms with Crippen LogP contribution in [0.3, 0.4) is 0 Å². The quantitative estimate of drug-likeness (QED) is 0.848. The van der Waals surface area contributed by atoms with Gasteiger partial charge in [0.15, 0.2) is 0 Å². The van der Waals surface area contributed by atoms with E-state index in [2.05, 4.69) is 28.9 Å². The van der Waals surface area contributed by atoms with E-state index in [1.165, 1.54) is 5.56 Å². The monoisotopic (exact) mass is 284 g/mol. The van der Waals surface area contributed by atoms with Crippen molar-refractivity contribution in [3.63, 3.8) is 0 Å². The zero-order valence-electron chi connectivity index (χ0n) is 12.1. The van der Waals surface area contributed by atoms with Crippen molar-refractivity contribution in [1.82, 2.24) is 9.88 Å². The van der Waals surface area contributed by atoms with Crippen LogP contribution in [0.25, 0.3) is 0 Å². The molecule has 21 heavy (non-hydrogen) atoms. The molecular formula is C17H20N2O2. The number of carboxylic acids is 1. The van der Waals surface area contributed by atoms with Crippen LogP contribution in [0.2, 0.25) is 0 Å². The molecule has 0 radical (unpaired) electrons. The van der Waals surface area contributed by atoms with E-state index in [4.69, 9.17) is 5.11 Å². The molecule has 0 aliphatic rings. The maximum Gasteiger partial charge on any atom is 0.304 e. The Labute approximate surface area is 125 Å². The molecule has 0 amide bonds. The minimum Gasteiger partial charge on any atom is -0.481 e. The van der Waals surface area contributed by atoms with Crippen molar-refractivity contribution < 1.29 is 9.90 Å². The van der Waals surface area contributed by atoms with Gasteiger partial charge in [-0.25, -0.2) is 0 Å². The van der Waals surface area contributed by atoms with Crippen molar-refractivity contribution in [2.24, 2.45) is 0 Å². The molecule has 0 aliphatic carbocycles. The molecule has 2 aromatic rings. The van der Waals surface area contributed by atoms with Crippen LogP contribution in [0.1, 0.15) is 30.5 Å². The van der Waals surface area contributed by atoms with Gasteiger partial charge < -0.3 is 5.11 Å². The van der Waals surface area contributed by atoms with E-state index >= 15 is 0 Å². The molecule has 1 N–H and O–H groups in total. The van der Waals surface area contributed by atoms with Crippen molar-refractivity contribution in [3.8, 4) is 0 Å². The van der Waals surface area contributed by atoms with Crippen LogP contribution >= 0.6 is 0 Å². The molecule has 4 nitrogen and oxygen atoms in total. The second kappa shape index (κ2) is 7.55. The number of pyridine rings is 1. The molecule has 4 heteroatoms. The van der Waals surface area contributed by atoms with E-state index in [9.17, 15) is 4.79 Å². The summed E-state index contributed by atoms with van der Waals surface area (Å²) in [7, 11) is 0. The maximum atomic E-state index is 10.9. The second-order valence-corrected chi connectivity index (χ2v) is 5.06. The minimum atomic E-state index is -0.772. The van der Waals surface area contributed by atoms with Crippen LogP contribution in [0.4, 0.5) is 0 Å². The highest BCUT2D eigenvalue weighted by molar-refractivity contribution is 5.66. The smallest absolute Gasteiger partial charge is 0.304 e. The van der Waals surface area contributed by atoms with E-state index in [0.29, 0.717) is 13.1 Å². The molecular weight excluding hydrogens is 264 g/mol. The van der Waals surface area contributed by atoms with Gasteiger partial charge in [-0.15, -0.1) is 0 Å². The molecule has 0 saturated heterocycles. The van der Waals surface area contributed by atoms with Crippen LogP contribution in [0, 0.1) is 0 Å². The van der Waals surface area contributed by atoms with E-state index in [0.717, 1.165) is 5.56 Å². The van der Waals surface area contributed by atoms with Gasteiger partial charge in [-0.3, -0.25) is 14.7 Å². The zero-order chi connectivity index (χ0) is 15.1. The highest BCUT2D eigenvalue weighted by Crippen LogP contribution is 2.22. The fourth-order valence-electron chi connectivity index (χ4n) is 2.32. The Bertz CT molecular complexity index is 558. The second-order valence-electron chi connectivity index (χ2n) is 5.06. The van der Waals surface area contributed by atoms with Crippen molar-refractivity contribution in [2.75, 3.05) is 6.54 Å². The van der Waals surface area contributed by atoms with Gasteiger partial charge in [0, 0.05) is 31.5 Å². The average molecular weight is 284 g/mol. The zero-order valence-corrected chi connectivity index (χ0v) is 12.1.